The van der Waals surface area contributed by atoms with Crippen LogP contribution in [0.3, 0.4) is 0 Å². The molecule has 2 unspecified atom stereocenters. The summed E-state index contributed by atoms with van der Waals surface area (Å²) < 4.78 is 40.2. The van der Waals surface area contributed by atoms with Gasteiger partial charge in [0, 0.05) is 56.0 Å². The average Bonchev–Trinajstić information content (AvgIpc) is 3.39. The lowest BCUT2D eigenvalue weighted by Gasteiger charge is -2.36. The van der Waals surface area contributed by atoms with E-state index in [2.05, 4.69) is 34.0 Å². The molecule has 6 rings (SSSR count). The molecule has 0 saturated carbocycles. The SMILES string of the molecule is CC1CC(C)CN(c2cc(F)cc(-c3ccc4cnc(CNC(=O)c5cnc6c(c5)N(S(C)(=O)=O)CC6)cc4n3)n2)C1. The van der Waals surface area contributed by atoms with Crippen LogP contribution in [0.5, 0.6) is 0 Å². The monoisotopic (exact) mass is 589 g/mol. The molecule has 42 heavy (non-hydrogen) atoms. The number of nitrogens with one attached hydrogen (secondary N) is 1. The molecule has 1 N–H and O–H groups in total. The fourth-order valence-corrected chi connectivity index (χ4v) is 6.82. The van der Waals surface area contributed by atoms with Gasteiger partial charge in [0.2, 0.25) is 10.0 Å². The lowest BCUT2D eigenvalue weighted by Crippen LogP contribution is -2.39. The first-order chi connectivity index (χ1) is 20.0. The Hall–Kier alpha value is -4.19. The number of piperidine rings is 1. The van der Waals surface area contributed by atoms with Gasteiger partial charge in [-0.3, -0.25) is 19.1 Å². The Bertz CT molecular complexity index is 1790. The highest BCUT2D eigenvalue weighted by atomic mass is 32.2. The van der Waals surface area contributed by atoms with Crippen molar-refractivity contribution in [2.75, 3.05) is 35.1 Å². The molecule has 2 atom stereocenters. The molecule has 10 nitrogen and oxygen atoms in total. The van der Waals surface area contributed by atoms with Gasteiger partial charge in [-0.2, -0.15) is 0 Å². The van der Waals surface area contributed by atoms with Crippen LogP contribution in [0.2, 0.25) is 0 Å². The van der Waals surface area contributed by atoms with E-state index in [9.17, 15) is 17.6 Å². The topological polar surface area (TPSA) is 121 Å². The number of pyridine rings is 4. The maximum absolute atomic E-state index is 14.7. The molecule has 0 bridgehead atoms. The zero-order valence-corrected chi connectivity index (χ0v) is 24.5. The van der Waals surface area contributed by atoms with Crippen LogP contribution in [0.15, 0.2) is 48.8 Å². The number of halogens is 1. The molecule has 0 aromatic carbocycles. The first-order valence-corrected chi connectivity index (χ1v) is 15.8. The standard InChI is InChI=1S/C30H32FN7O3S/c1-18-8-19(2)17-37(16-18)29-11-22(31)10-27(36-29)24-5-4-20-13-32-23(12-26(20)35-24)15-34-30(39)21-9-28-25(33-14-21)6-7-38(28)42(3,40)41/h4-5,9-14,18-19H,6-8,15-17H2,1-3H3,(H,34,39). The predicted octanol–water partition coefficient (Wildman–Crippen LogP) is 3.96. The summed E-state index contributed by atoms with van der Waals surface area (Å²) in [6.45, 7) is 6.52. The van der Waals surface area contributed by atoms with Crippen LogP contribution in [-0.4, -0.2) is 60.2 Å². The third kappa shape index (κ3) is 5.76. The number of hydrogen-bond acceptors (Lipinski definition) is 8. The Balaban J connectivity index is 1.20. The van der Waals surface area contributed by atoms with Gasteiger partial charge in [0.1, 0.15) is 11.6 Å². The van der Waals surface area contributed by atoms with Crippen molar-refractivity contribution in [3.8, 4) is 11.4 Å². The molecule has 218 valence electrons. The molecule has 1 saturated heterocycles. The quantitative estimate of drug-likeness (QED) is 0.359. The number of amides is 1. The molecular weight excluding hydrogens is 557 g/mol. The highest BCUT2D eigenvalue weighted by Crippen LogP contribution is 2.30. The van der Waals surface area contributed by atoms with E-state index in [4.69, 9.17) is 9.97 Å². The molecule has 2 aliphatic rings. The van der Waals surface area contributed by atoms with Gasteiger partial charge in [-0.15, -0.1) is 0 Å². The number of rotatable bonds is 6. The van der Waals surface area contributed by atoms with Gasteiger partial charge in [-0.05, 0) is 42.5 Å². The minimum atomic E-state index is -3.46. The molecule has 4 aromatic rings. The summed E-state index contributed by atoms with van der Waals surface area (Å²) in [5, 5.41) is 3.62. The van der Waals surface area contributed by atoms with E-state index in [0.29, 0.717) is 64.6 Å². The van der Waals surface area contributed by atoms with E-state index in [1.54, 1.807) is 24.4 Å². The van der Waals surface area contributed by atoms with Crippen LogP contribution in [0, 0.1) is 17.7 Å². The molecule has 1 fully saturated rings. The summed E-state index contributed by atoms with van der Waals surface area (Å²) in [5.74, 6) is 0.875. The second-order valence-corrected chi connectivity index (χ2v) is 13.3. The summed E-state index contributed by atoms with van der Waals surface area (Å²) >= 11 is 0. The second kappa shape index (κ2) is 10.9. The number of nitrogens with zero attached hydrogens (tertiary/aromatic N) is 6. The number of carbonyl (C=O) groups excluding carboxylic acids is 1. The third-order valence-electron chi connectivity index (χ3n) is 7.72. The predicted molar refractivity (Wildman–Crippen MR) is 159 cm³/mol. The molecule has 6 heterocycles. The van der Waals surface area contributed by atoms with Gasteiger partial charge in [-0.25, -0.2) is 22.8 Å². The molecule has 0 radical (unpaired) electrons. The highest BCUT2D eigenvalue weighted by Gasteiger charge is 2.28. The van der Waals surface area contributed by atoms with Gasteiger partial charge in [0.25, 0.3) is 5.91 Å². The summed E-state index contributed by atoms with van der Waals surface area (Å²) in [5.41, 5.74) is 3.56. The fourth-order valence-electron chi connectivity index (χ4n) is 5.88. The van der Waals surface area contributed by atoms with Crippen LogP contribution in [0.25, 0.3) is 22.3 Å². The fraction of sp³-hybridized carbons (Fsp3) is 0.367. The number of carbonyl (C=O) groups is 1. The Morgan fingerprint density at radius 1 is 1.02 bits per heavy atom. The first kappa shape index (κ1) is 28.0. The lowest BCUT2D eigenvalue weighted by molar-refractivity contribution is 0.0950. The highest BCUT2D eigenvalue weighted by molar-refractivity contribution is 7.92. The maximum Gasteiger partial charge on any atom is 0.253 e. The van der Waals surface area contributed by atoms with E-state index < -0.39 is 15.9 Å². The molecule has 12 heteroatoms. The Labute approximate surface area is 244 Å². The Morgan fingerprint density at radius 2 is 1.81 bits per heavy atom. The van der Waals surface area contributed by atoms with Crippen molar-refractivity contribution in [2.24, 2.45) is 11.8 Å². The number of aromatic nitrogens is 4. The van der Waals surface area contributed by atoms with E-state index in [0.717, 1.165) is 31.2 Å². The Kier molecular flexibility index (Phi) is 7.25. The van der Waals surface area contributed by atoms with Crippen LogP contribution in [0.1, 0.15) is 42.0 Å². The van der Waals surface area contributed by atoms with E-state index in [1.165, 1.54) is 22.6 Å². The normalized spacial score (nSPS) is 18.8. The molecule has 1 amide bonds. The van der Waals surface area contributed by atoms with Gasteiger partial charge in [0.05, 0.1) is 52.3 Å². The van der Waals surface area contributed by atoms with Crippen molar-refractivity contribution in [3.05, 3.63) is 71.6 Å². The molecule has 4 aromatic heterocycles. The summed E-state index contributed by atoms with van der Waals surface area (Å²) in [4.78, 5) is 33.3. The number of anilines is 2. The number of sulfonamides is 1. The number of fused-ring (bicyclic) bond motifs is 2. The van der Waals surface area contributed by atoms with Crippen molar-refractivity contribution in [3.63, 3.8) is 0 Å². The smallest absolute Gasteiger partial charge is 0.253 e. The Morgan fingerprint density at radius 3 is 2.57 bits per heavy atom. The summed E-state index contributed by atoms with van der Waals surface area (Å²) in [6, 6.07) is 9.88. The minimum Gasteiger partial charge on any atom is -0.356 e. The van der Waals surface area contributed by atoms with E-state index >= 15 is 0 Å². The van der Waals surface area contributed by atoms with Crippen LogP contribution in [-0.2, 0) is 23.0 Å². The summed E-state index contributed by atoms with van der Waals surface area (Å²) in [7, 11) is -3.46. The van der Waals surface area contributed by atoms with Crippen molar-refractivity contribution >= 4 is 38.3 Å². The summed E-state index contributed by atoms with van der Waals surface area (Å²) in [6.07, 6.45) is 5.91. The van der Waals surface area contributed by atoms with Crippen molar-refractivity contribution in [1.82, 2.24) is 25.3 Å². The van der Waals surface area contributed by atoms with E-state index in [1.807, 2.05) is 6.07 Å². The van der Waals surface area contributed by atoms with Crippen molar-refractivity contribution < 1.29 is 17.6 Å². The van der Waals surface area contributed by atoms with E-state index in [-0.39, 0.29) is 17.9 Å². The zero-order valence-electron chi connectivity index (χ0n) is 23.7. The molecule has 0 spiro atoms. The van der Waals surface area contributed by atoms with Gasteiger partial charge >= 0.3 is 0 Å². The molecule has 0 aliphatic carbocycles. The van der Waals surface area contributed by atoms with Gasteiger partial charge in [0.15, 0.2) is 0 Å². The molecule has 2 aliphatic heterocycles. The first-order valence-electron chi connectivity index (χ1n) is 14.0. The number of hydrogen-bond donors (Lipinski definition) is 1. The average molecular weight is 590 g/mol. The second-order valence-electron chi connectivity index (χ2n) is 11.4. The van der Waals surface area contributed by atoms with Gasteiger partial charge in [-0.1, -0.05) is 13.8 Å². The largest absolute Gasteiger partial charge is 0.356 e. The zero-order chi connectivity index (χ0) is 29.6. The van der Waals surface area contributed by atoms with Crippen LogP contribution < -0.4 is 14.5 Å². The third-order valence-corrected chi connectivity index (χ3v) is 8.90. The molecular formula is C30H32FN7O3S. The minimum absolute atomic E-state index is 0.126. The van der Waals surface area contributed by atoms with Crippen LogP contribution in [0.4, 0.5) is 15.9 Å². The lowest BCUT2D eigenvalue weighted by atomic mass is 9.92. The van der Waals surface area contributed by atoms with Crippen LogP contribution >= 0.6 is 0 Å². The maximum atomic E-state index is 14.7. The van der Waals surface area contributed by atoms with Crippen molar-refractivity contribution in [1.29, 1.82) is 0 Å². The van der Waals surface area contributed by atoms with Gasteiger partial charge < -0.3 is 10.2 Å². The van der Waals surface area contributed by atoms with Crippen molar-refractivity contribution in [2.45, 2.75) is 33.2 Å².